The van der Waals surface area contributed by atoms with Gasteiger partial charge in [0.15, 0.2) is 0 Å². The fourth-order valence-corrected chi connectivity index (χ4v) is 8.95. The number of pyridine rings is 1. The van der Waals surface area contributed by atoms with E-state index >= 15 is 0 Å². The van der Waals surface area contributed by atoms with Gasteiger partial charge in [0.1, 0.15) is 11.8 Å². The molecule has 4 aliphatic carbocycles. The van der Waals surface area contributed by atoms with Gasteiger partial charge in [0.2, 0.25) is 0 Å². The monoisotopic (exact) mass is 523 g/mol. The Hall–Kier alpha value is -1.68. The second-order valence-corrected chi connectivity index (χ2v) is 13.6. The molecule has 3 fully saturated rings. The van der Waals surface area contributed by atoms with Crippen LogP contribution in [0.3, 0.4) is 0 Å². The molecule has 38 heavy (non-hydrogen) atoms. The van der Waals surface area contributed by atoms with Gasteiger partial charge in [-0.05, 0) is 118 Å². The first-order valence-electron chi connectivity index (χ1n) is 15.6. The molecule has 1 aromatic rings. The first-order valence-corrected chi connectivity index (χ1v) is 15.6. The first kappa shape index (κ1) is 29.3. The van der Waals surface area contributed by atoms with Gasteiger partial charge in [0, 0.05) is 12.6 Å². The topological polar surface area (TPSA) is 59.4 Å². The summed E-state index contributed by atoms with van der Waals surface area (Å²) in [6, 6.07) is 5.40. The van der Waals surface area contributed by atoms with Crippen LogP contribution in [0.15, 0.2) is 36.0 Å². The van der Waals surface area contributed by atoms with Gasteiger partial charge in [-0.3, -0.25) is 0 Å². The van der Waals surface area contributed by atoms with Crippen LogP contribution in [0.2, 0.25) is 0 Å². The molecule has 0 bridgehead atoms. The first-order chi connectivity index (χ1) is 18.1. The number of carbonyl (C=O) groups excluding carboxylic acids is 1. The Bertz CT molecular complexity index is 966. The molecule has 7 atom stereocenters. The number of ether oxygens (including phenoxy) is 1. The summed E-state index contributed by atoms with van der Waals surface area (Å²) in [5.41, 5.74) is 2.19. The average molecular weight is 524 g/mol. The summed E-state index contributed by atoms with van der Waals surface area (Å²) in [4.78, 5) is 16.8. The van der Waals surface area contributed by atoms with Crippen molar-refractivity contribution in [1.82, 2.24) is 4.98 Å². The van der Waals surface area contributed by atoms with Crippen LogP contribution in [0, 0.1) is 34.5 Å². The van der Waals surface area contributed by atoms with Crippen molar-refractivity contribution >= 4 is 5.97 Å². The number of carbonyl (C=O) groups is 1. The van der Waals surface area contributed by atoms with Crippen LogP contribution in [0.25, 0.3) is 0 Å². The van der Waals surface area contributed by atoms with Crippen molar-refractivity contribution in [3.63, 3.8) is 0 Å². The largest absolute Gasteiger partial charge is 0.457 e. The maximum Gasteiger partial charge on any atom is 0.357 e. The van der Waals surface area contributed by atoms with Crippen molar-refractivity contribution in [3.8, 4) is 0 Å². The SMILES string of the molecule is CC.CC(C)(O)CCCCC1CCC2C3CC=C4CC(OC(=O)c5ccccn5)CCC4(C)C3CCC12C. The highest BCUT2D eigenvalue weighted by Crippen LogP contribution is 2.66. The number of allylic oxidation sites excluding steroid dienone is 1. The predicted molar refractivity (Wildman–Crippen MR) is 155 cm³/mol. The number of aromatic nitrogens is 1. The zero-order valence-electron chi connectivity index (χ0n) is 25.0. The number of aliphatic hydroxyl groups is 1. The molecule has 1 heterocycles. The molecule has 1 N–H and O–H groups in total. The summed E-state index contributed by atoms with van der Waals surface area (Å²) >= 11 is 0. The van der Waals surface area contributed by atoms with E-state index < -0.39 is 5.60 Å². The van der Waals surface area contributed by atoms with Crippen molar-refractivity contribution in [2.24, 2.45) is 34.5 Å². The maximum atomic E-state index is 12.6. The molecule has 0 spiro atoms. The molecule has 1 aromatic heterocycles. The Kier molecular flexibility index (Phi) is 9.12. The molecule has 0 aliphatic heterocycles. The van der Waals surface area contributed by atoms with Crippen LogP contribution in [0.5, 0.6) is 0 Å². The summed E-state index contributed by atoms with van der Waals surface area (Å²) in [5, 5.41) is 10.1. The minimum absolute atomic E-state index is 0.0241. The van der Waals surface area contributed by atoms with Crippen LogP contribution < -0.4 is 0 Å². The number of fused-ring (bicyclic) bond motifs is 5. The molecule has 0 radical (unpaired) electrons. The van der Waals surface area contributed by atoms with E-state index in [4.69, 9.17) is 4.74 Å². The Morgan fingerprint density at radius 2 is 1.87 bits per heavy atom. The summed E-state index contributed by atoms with van der Waals surface area (Å²) in [6.45, 7) is 13.0. The van der Waals surface area contributed by atoms with E-state index in [9.17, 15) is 9.90 Å². The van der Waals surface area contributed by atoms with Gasteiger partial charge >= 0.3 is 5.97 Å². The second-order valence-electron chi connectivity index (χ2n) is 13.6. The molecule has 212 valence electrons. The van der Waals surface area contributed by atoms with Crippen molar-refractivity contribution in [2.75, 3.05) is 0 Å². The van der Waals surface area contributed by atoms with Crippen LogP contribution in [0.1, 0.15) is 129 Å². The summed E-state index contributed by atoms with van der Waals surface area (Å²) < 4.78 is 5.92. The fourth-order valence-electron chi connectivity index (χ4n) is 8.95. The van der Waals surface area contributed by atoms with E-state index in [0.717, 1.165) is 55.8 Å². The van der Waals surface area contributed by atoms with Crippen molar-refractivity contribution in [3.05, 3.63) is 41.7 Å². The van der Waals surface area contributed by atoms with Crippen molar-refractivity contribution < 1.29 is 14.6 Å². The zero-order chi connectivity index (χ0) is 27.6. The van der Waals surface area contributed by atoms with Crippen LogP contribution >= 0.6 is 0 Å². The standard InChI is InChI=1S/C32H47NO3.C2H6/c1-30(2,35)17-7-5-9-22-12-14-26-25-13-11-23-21-24(36-29(34)28-10-6-8-20-33-28)15-18-32(23,4)27(25)16-19-31(22,26)3;1-2/h6,8,10-11,20,22,24-27,35H,5,7,9,12-19,21H2,1-4H3;1-2H3. The molecule has 0 aromatic carbocycles. The Labute approximate surface area is 232 Å². The third-order valence-electron chi connectivity index (χ3n) is 11.0. The van der Waals surface area contributed by atoms with Gasteiger partial charge in [0.25, 0.3) is 0 Å². The highest BCUT2D eigenvalue weighted by molar-refractivity contribution is 5.87. The van der Waals surface area contributed by atoms with E-state index in [0.29, 0.717) is 11.1 Å². The normalized spacial score (nSPS) is 36.1. The van der Waals surface area contributed by atoms with E-state index in [2.05, 4.69) is 24.9 Å². The number of hydrogen-bond acceptors (Lipinski definition) is 4. The fraction of sp³-hybridized carbons (Fsp3) is 0.765. The molecule has 4 aliphatic rings. The molecule has 4 heteroatoms. The van der Waals surface area contributed by atoms with Gasteiger partial charge in [-0.1, -0.05) is 58.3 Å². The Morgan fingerprint density at radius 3 is 2.58 bits per heavy atom. The molecule has 0 saturated heterocycles. The van der Waals surface area contributed by atoms with Crippen LogP contribution in [0.4, 0.5) is 0 Å². The number of esters is 1. The average Bonchev–Trinajstić information content (AvgIpc) is 3.24. The second kappa shape index (κ2) is 11.8. The van der Waals surface area contributed by atoms with Crippen molar-refractivity contribution in [2.45, 2.75) is 130 Å². The Balaban J connectivity index is 0.00000164. The minimum Gasteiger partial charge on any atom is -0.457 e. The quantitative estimate of drug-likeness (QED) is 0.221. The molecule has 0 amide bonds. The summed E-state index contributed by atoms with van der Waals surface area (Å²) in [7, 11) is 0. The zero-order valence-corrected chi connectivity index (χ0v) is 25.0. The molecule has 5 rings (SSSR count). The lowest BCUT2D eigenvalue weighted by molar-refractivity contribution is -0.0538. The Morgan fingerprint density at radius 1 is 1.08 bits per heavy atom. The van der Waals surface area contributed by atoms with Gasteiger partial charge in [-0.25, -0.2) is 9.78 Å². The molecule has 4 nitrogen and oxygen atoms in total. The summed E-state index contributed by atoms with van der Waals surface area (Å²) in [6.07, 6.45) is 18.5. The third kappa shape index (κ3) is 5.91. The minimum atomic E-state index is -0.530. The highest BCUT2D eigenvalue weighted by atomic mass is 16.5. The van der Waals surface area contributed by atoms with E-state index in [1.807, 2.05) is 39.8 Å². The summed E-state index contributed by atoms with van der Waals surface area (Å²) in [5.74, 6) is 3.00. The lowest BCUT2D eigenvalue weighted by atomic mass is 9.47. The number of rotatable bonds is 7. The van der Waals surface area contributed by atoms with E-state index in [1.54, 1.807) is 17.8 Å². The van der Waals surface area contributed by atoms with Gasteiger partial charge in [-0.15, -0.1) is 0 Å². The van der Waals surface area contributed by atoms with Crippen LogP contribution in [-0.4, -0.2) is 27.8 Å². The molecular weight excluding hydrogens is 470 g/mol. The van der Waals surface area contributed by atoms with E-state index in [-0.39, 0.29) is 17.5 Å². The number of hydrogen-bond donors (Lipinski definition) is 1. The lowest BCUT2D eigenvalue weighted by Gasteiger charge is -2.58. The van der Waals surface area contributed by atoms with Gasteiger partial charge < -0.3 is 9.84 Å². The number of nitrogens with zero attached hydrogens (tertiary/aromatic N) is 1. The molecule has 7 unspecified atom stereocenters. The van der Waals surface area contributed by atoms with Crippen molar-refractivity contribution in [1.29, 1.82) is 0 Å². The van der Waals surface area contributed by atoms with Gasteiger partial charge in [0.05, 0.1) is 5.60 Å². The van der Waals surface area contributed by atoms with Crippen LogP contribution in [-0.2, 0) is 4.74 Å². The molecular formula is C34H53NO3. The van der Waals surface area contributed by atoms with E-state index in [1.165, 1.54) is 44.9 Å². The predicted octanol–water partition coefficient (Wildman–Crippen LogP) is 8.54. The highest BCUT2D eigenvalue weighted by Gasteiger charge is 2.58. The molecule has 3 saturated carbocycles. The lowest BCUT2D eigenvalue weighted by Crippen LogP contribution is -2.50. The maximum absolute atomic E-state index is 12.6. The van der Waals surface area contributed by atoms with Gasteiger partial charge in [-0.2, -0.15) is 0 Å². The smallest absolute Gasteiger partial charge is 0.357 e. The third-order valence-corrected chi connectivity index (χ3v) is 11.0. The number of unbranched alkanes of at least 4 members (excludes halogenated alkanes) is 1.